The molecule has 506 valence electrons. The molecule has 0 radical (unpaired) electrons. The van der Waals surface area contributed by atoms with Crippen LogP contribution in [0.2, 0.25) is 0 Å². The van der Waals surface area contributed by atoms with Gasteiger partial charge in [-0.2, -0.15) is 0 Å². The zero-order valence-corrected chi connectivity index (χ0v) is 58.0. The quantitative estimate of drug-likeness (QED) is 0.0195. The van der Waals surface area contributed by atoms with Crippen LogP contribution in [0.4, 0.5) is 0 Å². The molecule has 2 atom stereocenters. The van der Waals surface area contributed by atoms with Crippen molar-refractivity contribution in [2.75, 3.05) is 47.5 Å². The topological polar surface area (TPSA) is 111 Å². The lowest BCUT2D eigenvalue weighted by Crippen LogP contribution is -2.44. The molecule has 0 spiro atoms. The summed E-state index contributed by atoms with van der Waals surface area (Å²) in [6, 6.07) is 0. The monoisotopic (exact) mass is 1210 g/mol. The number of esters is 2. The average molecular weight is 1210 g/mol. The standard InChI is InChI=1S/C77H145NO8/c1-6-8-10-12-14-16-18-20-22-24-26-28-30-32-34-36-38-40-42-44-46-48-50-52-54-56-58-60-62-64-66-68-75(80)86-73(72-85-77(76(81)82)83-70-69-78(3,4)5)71-84-74(79)67-65-63-61-59-57-55-53-51-49-47-45-43-41-39-37-35-33-31-29-27-25-23-21-19-17-15-13-11-9-7-2/h18,20,24,26,30,32,73,77H,6-17,19,21-23,25,27-29,31,33-72H2,1-5H3/b20-18-,26-24-,32-30-. The predicted octanol–water partition coefficient (Wildman–Crippen LogP) is 22.2. The van der Waals surface area contributed by atoms with Crippen molar-refractivity contribution in [3.8, 4) is 0 Å². The SMILES string of the molecule is CCCCCCC/C=C\C/C=C\C/C=C\CCCCCCCCCCCCCCCCCCC(=O)OC(COC(=O)CCCCCCCCCCCCCCCCCCCCCCCCCCCCCCCC)COC(OCC[N+](C)(C)C)C(=O)[O-]. The molecule has 0 aliphatic heterocycles. The van der Waals surface area contributed by atoms with E-state index in [4.69, 9.17) is 18.9 Å². The van der Waals surface area contributed by atoms with Crippen LogP contribution in [-0.2, 0) is 33.3 Å². The van der Waals surface area contributed by atoms with Gasteiger partial charge in [0.15, 0.2) is 12.4 Å². The number of ether oxygens (including phenoxy) is 4. The lowest BCUT2D eigenvalue weighted by Gasteiger charge is -2.26. The van der Waals surface area contributed by atoms with Gasteiger partial charge in [0, 0.05) is 12.8 Å². The summed E-state index contributed by atoms with van der Waals surface area (Å²) >= 11 is 0. The van der Waals surface area contributed by atoms with Gasteiger partial charge in [-0.05, 0) is 51.4 Å². The van der Waals surface area contributed by atoms with Crippen molar-refractivity contribution in [3.63, 3.8) is 0 Å². The van der Waals surface area contributed by atoms with Crippen molar-refractivity contribution >= 4 is 17.9 Å². The number of hydrogen-bond acceptors (Lipinski definition) is 8. The fourth-order valence-electron chi connectivity index (χ4n) is 11.4. The van der Waals surface area contributed by atoms with Crippen molar-refractivity contribution < 1.29 is 42.9 Å². The number of carbonyl (C=O) groups excluding carboxylic acids is 3. The Labute approximate surface area is 534 Å². The van der Waals surface area contributed by atoms with Crippen molar-refractivity contribution in [1.82, 2.24) is 0 Å². The lowest BCUT2D eigenvalue weighted by molar-refractivity contribution is -0.870. The highest BCUT2D eigenvalue weighted by molar-refractivity contribution is 5.70. The van der Waals surface area contributed by atoms with Gasteiger partial charge in [-0.3, -0.25) is 9.59 Å². The Morgan fingerprint density at radius 2 is 0.628 bits per heavy atom. The van der Waals surface area contributed by atoms with Crippen molar-refractivity contribution in [2.45, 2.75) is 392 Å². The molecule has 9 heteroatoms. The van der Waals surface area contributed by atoms with Crippen LogP contribution in [0.5, 0.6) is 0 Å². The molecule has 0 N–H and O–H groups in total. The Bertz CT molecular complexity index is 1500. The van der Waals surface area contributed by atoms with Gasteiger partial charge in [0.1, 0.15) is 13.2 Å². The van der Waals surface area contributed by atoms with E-state index < -0.39 is 24.3 Å². The van der Waals surface area contributed by atoms with Gasteiger partial charge in [0.25, 0.3) is 0 Å². The first-order valence-corrected chi connectivity index (χ1v) is 37.6. The van der Waals surface area contributed by atoms with E-state index in [1.165, 1.54) is 302 Å². The molecule has 0 aromatic heterocycles. The summed E-state index contributed by atoms with van der Waals surface area (Å²) in [5, 5.41) is 11.8. The summed E-state index contributed by atoms with van der Waals surface area (Å²) in [5.74, 6) is -2.25. The molecule has 86 heavy (non-hydrogen) atoms. The third-order valence-corrected chi connectivity index (χ3v) is 17.1. The summed E-state index contributed by atoms with van der Waals surface area (Å²) in [4.78, 5) is 37.5. The Hall–Kier alpha value is -2.49. The second kappa shape index (κ2) is 68.4. The molecule has 2 unspecified atom stereocenters. The molecule has 0 rings (SSSR count). The fraction of sp³-hybridized carbons (Fsp3) is 0.883. The number of quaternary nitrogens is 1. The minimum absolute atomic E-state index is 0.150. The van der Waals surface area contributed by atoms with Gasteiger partial charge in [-0.1, -0.05) is 352 Å². The third kappa shape index (κ3) is 69.0. The van der Waals surface area contributed by atoms with E-state index in [0.717, 1.165) is 44.9 Å². The average Bonchev–Trinajstić information content (AvgIpc) is 3.64. The molecular weight excluding hydrogens is 1070 g/mol. The molecule has 0 saturated carbocycles. The first-order valence-electron chi connectivity index (χ1n) is 37.6. The van der Waals surface area contributed by atoms with E-state index in [0.29, 0.717) is 23.9 Å². The smallest absolute Gasteiger partial charge is 0.306 e. The summed E-state index contributed by atoms with van der Waals surface area (Å²) in [7, 11) is 5.95. The number of carbonyl (C=O) groups is 3. The molecule has 9 nitrogen and oxygen atoms in total. The van der Waals surface area contributed by atoms with Gasteiger partial charge in [-0.15, -0.1) is 0 Å². The van der Waals surface area contributed by atoms with Crippen molar-refractivity contribution in [1.29, 1.82) is 0 Å². The first-order chi connectivity index (χ1) is 42.1. The van der Waals surface area contributed by atoms with E-state index in [9.17, 15) is 19.5 Å². The van der Waals surface area contributed by atoms with Crippen molar-refractivity contribution in [3.05, 3.63) is 36.5 Å². The zero-order valence-electron chi connectivity index (χ0n) is 58.0. The minimum atomic E-state index is -1.62. The van der Waals surface area contributed by atoms with Crippen LogP contribution in [0, 0.1) is 0 Å². The number of aliphatic carboxylic acids is 1. The number of carboxylic acid groups (broad SMARTS) is 1. The normalized spacial score (nSPS) is 12.8. The van der Waals surface area contributed by atoms with E-state index >= 15 is 0 Å². The summed E-state index contributed by atoms with van der Waals surface area (Å²) < 4.78 is 22.9. The molecule has 0 saturated heterocycles. The third-order valence-electron chi connectivity index (χ3n) is 17.1. The maximum atomic E-state index is 13.0. The largest absolute Gasteiger partial charge is 0.545 e. The van der Waals surface area contributed by atoms with Crippen LogP contribution >= 0.6 is 0 Å². The highest BCUT2D eigenvalue weighted by Gasteiger charge is 2.22. The predicted molar refractivity (Wildman–Crippen MR) is 366 cm³/mol. The maximum absolute atomic E-state index is 13.0. The van der Waals surface area contributed by atoms with E-state index in [2.05, 4.69) is 50.3 Å². The van der Waals surface area contributed by atoms with E-state index in [1.54, 1.807) is 0 Å². The highest BCUT2D eigenvalue weighted by atomic mass is 16.7. The van der Waals surface area contributed by atoms with Gasteiger partial charge in [0.2, 0.25) is 0 Å². The number of likely N-dealkylation sites (N-methyl/N-ethyl adjacent to an activating group) is 1. The number of nitrogens with zero attached hydrogens (tertiary/aromatic N) is 1. The molecule has 0 aliphatic carbocycles. The van der Waals surface area contributed by atoms with Gasteiger partial charge >= 0.3 is 11.9 Å². The Kier molecular flexibility index (Phi) is 66.4. The Morgan fingerprint density at radius 3 is 0.930 bits per heavy atom. The molecule has 0 bridgehead atoms. The summed E-state index contributed by atoms with van der Waals surface area (Å²) in [6.45, 7) is 4.81. The number of allylic oxidation sites excluding steroid dienone is 6. The molecule has 0 heterocycles. The van der Waals surface area contributed by atoms with Gasteiger partial charge in [-0.25, -0.2) is 0 Å². The zero-order chi connectivity index (χ0) is 62.6. The van der Waals surface area contributed by atoms with Crippen LogP contribution in [0.15, 0.2) is 36.5 Å². The van der Waals surface area contributed by atoms with Crippen LogP contribution in [0.3, 0.4) is 0 Å². The minimum Gasteiger partial charge on any atom is -0.545 e. The first kappa shape index (κ1) is 83.5. The fourth-order valence-corrected chi connectivity index (χ4v) is 11.4. The number of carboxylic acids is 1. The molecule has 0 amide bonds. The Balaban J connectivity index is 4.03. The van der Waals surface area contributed by atoms with Gasteiger partial charge < -0.3 is 33.3 Å². The van der Waals surface area contributed by atoms with E-state index in [1.807, 2.05) is 21.1 Å². The summed E-state index contributed by atoms with van der Waals surface area (Å²) in [5.41, 5.74) is 0. The molecule has 0 aliphatic rings. The van der Waals surface area contributed by atoms with Crippen LogP contribution in [-0.4, -0.2) is 82.3 Å². The van der Waals surface area contributed by atoms with Crippen LogP contribution in [0.1, 0.15) is 380 Å². The molecule has 0 aromatic rings. The van der Waals surface area contributed by atoms with Crippen LogP contribution < -0.4 is 5.11 Å². The molecule has 0 aromatic carbocycles. The van der Waals surface area contributed by atoms with Crippen LogP contribution in [0.25, 0.3) is 0 Å². The highest BCUT2D eigenvalue weighted by Crippen LogP contribution is 2.19. The second-order valence-corrected chi connectivity index (χ2v) is 27.0. The van der Waals surface area contributed by atoms with Gasteiger partial charge in [0.05, 0.1) is 40.3 Å². The second-order valence-electron chi connectivity index (χ2n) is 27.0. The molecular formula is C77H145NO8. The lowest BCUT2D eigenvalue weighted by atomic mass is 10.0. The number of hydrogen-bond donors (Lipinski definition) is 0. The van der Waals surface area contributed by atoms with E-state index in [-0.39, 0.29) is 32.2 Å². The number of rotatable bonds is 71. The van der Waals surface area contributed by atoms with Crippen molar-refractivity contribution in [2.24, 2.45) is 0 Å². The Morgan fingerprint density at radius 1 is 0.349 bits per heavy atom. The molecule has 0 fully saturated rings. The number of unbranched alkanes of at least 4 members (excludes halogenated alkanes) is 50. The summed E-state index contributed by atoms with van der Waals surface area (Å²) in [6.07, 6.45) is 83.9. The maximum Gasteiger partial charge on any atom is 0.306 e.